The maximum Gasteiger partial charge on any atom is 0.255 e. The van der Waals surface area contributed by atoms with Crippen LogP contribution >= 0.6 is 11.3 Å². The highest BCUT2D eigenvalue weighted by Gasteiger charge is 2.12. The van der Waals surface area contributed by atoms with Crippen molar-refractivity contribution in [3.63, 3.8) is 0 Å². The van der Waals surface area contributed by atoms with Gasteiger partial charge in [0.25, 0.3) is 6.43 Å². The van der Waals surface area contributed by atoms with Crippen LogP contribution in [0.5, 0.6) is 0 Å². The molecule has 0 aliphatic heterocycles. The Bertz CT molecular complexity index is 722. The van der Waals surface area contributed by atoms with E-state index in [9.17, 15) is 18.4 Å². The average molecular weight is 368 g/mol. The predicted molar refractivity (Wildman–Crippen MR) is 91.6 cm³/mol. The van der Waals surface area contributed by atoms with Gasteiger partial charge in [0.1, 0.15) is 0 Å². The van der Waals surface area contributed by atoms with Crippen LogP contribution in [0.25, 0.3) is 10.4 Å². The van der Waals surface area contributed by atoms with Crippen LogP contribution in [0.2, 0.25) is 0 Å². The Labute approximate surface area is 147 Å². The first kappa shape index (κ1) is 18.9. The number of halogens is 2. The Balaban J connectivity index is 1.80. The molecule has 0 spiro atoms. The zero-order chi connectivity index (χ0) is 18.2. The first-order valence-corrected chi connectivity index (χ1v) is 8.50. The lowest BCUT2D eigenvalue weighted by atomic mass is 10.2. The number of aryl methyl sites for hydroxylation is 1. The molecule has 0 radical (unpaired) electrons. The first-order chi connectivity index (χ1) is 12.0. The number of nitrogens with zero attached hydrogens (tertiary/aromatic N) is 2. The lowest BCUT2D eigenvalue weighted by molar-refractivity contribution is -0.122. The van der Waals surface area contributed by atoms with Crippen molar-refractivity contribution < 1.29 is 18.4 Å². The summed E-state index contributed by atoms with van der Waals surface area (Å²) in [5.41, 5.74) is 1.78. The highest BCUT2D eigenvalue weighted by Crippen LogP contribution is 2.32. The van der Waals surface area contributed by atoms with Gasteiger partial charge in [-0.1, -0.05) is 11.3 Å². The summed E-state index contributed by atoms with van der Waals surface area (Å²) in [7, 11) is 0. The molecular formula is C16H18F2N4O2S. The van der Waals surface area contributed by atoms with Crippen molar-refractivity contribution in [2.45, 2.75) is 32.6 Å². The van der Waals surface area contributed by atoms with Crippen molar-refractivity contribution in [2.75, 3.05) is 11.9 Å². The number of aromatic nitrogens is 2. The molecule has 0 bridgehead atoms. The smallest absolute Gasteiger partial charge is 0.255 e. The number of rotatable bonds is 8. The molecule has 2 heterocycles. The minimum atomic E-state index is -2.57. The predicted octanol–water partition coefficient (Wildman–Crippen LogP) is 3.00. The van der Waals surface area contributed by atoms with Gasteiger partial charge in [-0.25, -0.2) is 13.8 Å². The third kappa shape index (κ3) is 6.18. The molecule has 2 amide bonds. The van der Waals surface area contributed by atoms with Crippen molar-refractivity contribution in [3.8, 4) is 10.4 Å². The van der Waals surface area contributed by atoms with Crippen LogP contribution in [0.15, 0.2) is 24.5 Å². The molecule has 0 fully saturated rings. The van der Waals surface area contributed by atoms with E-state index < -0.39 is 18.9 Å². The molecule has 2 N–H and O–H groups in total. The topological polar surface area (TPSA) is 84.0 Å². The minimum Gasteiger partial charge on any atom is -0.350 e. The fraction of sp³-hybridized carbons (Fsp3) is 0.375. The number of anilines is 1. The maximum atomic E-state index is 12.0. The zero-order valence-electron chi connectivity index (χ0n) is 13.6. The van der Waals surface area contributed by atoms with Gasteiger partial charge in [-0.05, 0) is 31.0 Å². The molecule has 2 rings (SSSR count). The highest BCUT2D eigenvalue weighted by molar-refractivity contribution is 7.19. The largest absolute Gasteiger partial charge is 0.350 e. The SMILES string of the molecule is Cc1nc(NC(=O)CCCC(=O)NCC(F)F)sc1-c1ccncc1. The van der Waals surface area contributed by atoms with E-state index in [4.69, 9.17) is 0 Å². The Morgan fingerprint density at radius 1 is 1.20 bits per heavy atom. The standard InChI is InChI=1S/C16H18F2N4O2S/c1-10-15(11-5-7-19-8-6-11)25-16(21-10)22-14(24)4-2-3-13(23)20-9-12(17)18/h5-8,12H,2-4,9H2,1H3,(H,20,23)(H,21,22,24). The zero-order valence-corrected chi connectivity index (χ0v) is 14.4. The minimum absolute atomic E-state index is 0.0271. The van der Waals surface area contributed by atoms with Gasteiger partial charge in [-0.2, -0.15) is 0 Å². The van der Waals surface area contributed by atoms with Gasteiger partial charge in [-0.3, -0.25) is 14.6 Å². The quantitative estimate of drug-likeness (QED) is 0.750. The van der Waals surface area contributed by atoms with Crippen LogP contribution in [0.3, 0.4) is 0 Å². The second kappa shape index (κ2) is 9.16. The van der Waals surface area contributed by atoms with Crippen LogP contribution in [0.4, 0.5) is 13.9 Å². The van der Waals surface area contributed by atoms with E-state index in [2.05, 4.69) is 20.6 Å². The van der Waals surface area contributed by atoms with E-state index in [-0.39, 0.29) is 25.2 Å². The third-order valence-corrected chi connectivity index (χ3v) is 4.37. The molecule has 6 nitrogen and oxygen atoms in total. The first-order valence-electron chi connectivity index (χ1n) is 7.68. The van der Waals surface area contributed by atoms with Gasteiger partial charge >= 0.3 is 0 Å². The van der Waals surface area contributed by atoms with Gasteiger partial charge in [0, 0.05) is 25.2 Å². The molecule has 0 aliphatic rings. The van der Waals surface area contributed by atoms with Crippen LogP contribution in [0.1, 0.15) is 25.0 Å². The summed E-state index contributed by atoms with van der Waals surface area (Å²) >= 11 is 1.36. The molecule has 0 aliphatic carbocycles. The van der Waals surface area contributed by atoms with Gasteiger partial charge in [-0.15, -0.1) is 0 Å². The second-order valence-corrected chi connectivity index (χ2v) is 6.27. The van der Waals surface area contributed by atoms with Crippen molar-refractivity contribution in [2.24, 2.45) is 0 Å². The van der Waals surface area contributed by atoms with Crippen LogP contribution in [-0.2, 0) is 9.59 Å². The van der Waals surface area contributed by atoms with E-state index >= 15 is 0 Å². The number of carbonyl (C=O) groups excluding carboxylic acids is 2. The van der Waals surface area contributed by atoms with E-state index in [0.29, 0.717) is 5.13 Å². The molecular weight excluding hydrogens is 350 g/mol. The molecule has 9 heteroatoms. The Morgan fingerprint density at radius 3 is 2.56 bits per heavy atom. The summed E-state index contributed by atoms with van der Waals surface area (Å²) in [5.74, 6) is -0.755. The molecule has 0 aromatic carbocycles. The van der Waals surface area contributed by atoms with Crippen molar-refractivity contribution in [1.82, 2.24) is 15.3 Å². The van der Waals surface area contributed by atoms with Crippen molar-refractivity contribution in [3.05, 3.63) is 30.2 Å². The number of amides is 2. The molecule has 134 valence electrons. The fourth-order valence-corrected chi connectivity index (χ4v) is 3.08. The summed E-state index contributed by atoms with van der Waals surface area (Å²) in [5, 5.41) is 5.28. The molecule has 2 aromatic heterocycles. The monoisotopic (exact) mass is 368 g/mol. The van der Waals surface area contributed by atoms with Gasteiger partial charge in [0.2, 0.25) is 11.8 Å². The van der Waals surface area contributed by atoms with E-state index in [1.165, 1.54) is 11.3 Å². The Morgan fingerprint density at radius 2 is 1.88 bits per heavy atom. The molecule has 25 heavy (non-hydrogen) atoms. The number of hydrogen-bond acceptors (Lipinski definition) is 5. The molecule has 0 atom stereocenters. The van der Waals surface area contributed by atoms with Gasteiger partial charge in [0.15, 0.2) is 5.13 Å². The summed E-state index contributed by atoms with van der Waals surface area (Å²) in [6.07, 6.45) is 1.22. The fourth-order valence-electron chi connectivity index (χ4n) is 2.09. The average Bonchev–Trinajstić information content (AvgIpc) is 2.94. The molecule has 0 unspecified atom stereocenters. The summed E-state index contributed by atoms with van der Waals surface area (Å²) in [4.78, 5) is 32.4. The highest BCUT2D eigenvalue weighted by atomic mass is 32.1. The van der Waals surface area contributed by atoms with Gasteiger partial charge < -0.3 is 10.6 Å². The number of pyridine rings is 1. The van der Waals surface area contributed by atoms with Crippen LogP contribution in [-0.4, -0.2) is 34.8 Å². The number of hydrogen-bond donors (Lipinski definition) is 2. The number of alkyl halides is 2. The van der Waals surface area contributed by atoms with E-state index in [1.807, 2.05) is 19.1 Å². The number of thiazole rings is 1. The van der Waals surface area contributed by atoms with Crippen LogP contribution in [0, 0.1) is 6.92 Å². The third-order valence-electron chi connectivity index (χ3n) is 3.25. The molecule has 0 saturated heterocycles. The number of carbonyl (C=O) groups is 2. The van der Waals surface area contributed by atoms with Crippen molar-refractivity contribution >= 4 is 28.3 Å². The lowest BCUT2D eigenvalue weighted by Gasteiger charge is -2.04. The van der Waals surface area contributed by atoms with E-state index in [1.54, 1.807) is 12.4 Å². The second-order valence-electron chi connectivity index (χ2n) is 5.27. The normalized spacial score (nSPS) is 10.7. The summed E-state index contributed by atoms with van der Waals surface area (Å²) in [6.45, 7) is 1.19. The molecule has 0 saturated carbocycles. The van der Waals surface area contributed by atoms with Gasteiger partial charge in [0.05, 0.1) is 17.1 Å². The maximum absolute atomic E-state index is 12.0. The lowest BCUT2D eigenvalue weighted by Crippen LogP contribution is -2.28. The molecule has 2 aromatic rings. The Kier molecular flexibility index (Phi) is 6.93. The van der Waals surface area contributed by atoms with Crippen LogP contribution < -0.4 is 10.6 Å². The Hall–Kier alpha value is -2.42. The summed E-state index contributed by atoms with van der Waals surface area (Å²) in [6, 6.07) is 3.73. The summed E-state index contributed by atoms with van der Waals surface area (Å²) < 4.78 is 23.9. The van der Waals surface area contributed by atoms with E-state index in [0.717, 1.165) is 16.1 Å². The number of nitrogens with one attached hydrogen (secondary N) is 2. The van der Waals surface area contributed by atoms with Crippen molar-refractivity contribution in [1.29, 1.82) is 0 Å².